The van der Waals surface area contributed by atoms with Crippen molar-refractivity contribution in [1.29, 1.82) is 0 Å². The maximum absolute atomic E-state index is 14.1. The Labute approximate surface area is 269 Å². The van der Waals surface area contributed by atoms with Crippen LogP contribution in [0.2, 0.25) is 0 Å². The number of aromatic amines is 1. The Morgan fingerprint density at radius 1 is 0.787 bits per heavy atom. The predicted octanol–water partition coefficient (Wildman–Crippen LogP) is 6.75. The lowest BCUT2D eigenvalue weighted by Crippen LogP contribution is -2.30. The highest BCUT2D eigenvalue weighted by atomic mass is 16.5. The molecule has 0 saturated carbocycles. The van der Waals surface area contributed by atoms with E-state index in [0.29, 0.717) is 41.8 Å². The summed E-state index contributed by atoms with van der Waals surface area (Å²) >= 11 is 0. The zero-order valence-corrected chi connectivity index (χ0v) is 26.1. The molecule has 234 valence electrons. The third kappa shape index (κ3) is 6.05. The van der Waals surface area contributed by atoms with Gasteiger partial charge < -0.3 is 4.52 Å². The molecule has 7 rings (SSSR count). The Balaban J connectivity index is 1.19. The van der Waals surface area contributed by atoms with Crippen molar-refractivity contribution in [3.63, 3.8) is 0 Å². The van der Waals surface area contributed by atoms with Gasteiger partial charge in [-0.15, -0.1) is 0 Å². The molecular formula is C37H32N6O4. The molecular weight excluding hydrogens is 592 g/mol. The van der Waals surface area contributed by atoms with Crippen LogP contribution in [-0.2, 0) is 19.4 Å². The fraction of sp³-hybridized carbons (Fsp3) is 0.189. The summed E-state index contributed by atoms with van der Waals surface area (Å²) in [7, 11) is 0. The van der Waals surface area contributed by atoms with Gasteiger partial charge in [-0.2, -0.15) is 4.98 Å². The van der Waals surface area contributed by atoms with Gasteiger partial charge in [-0.05, 0) is 40.8 Å². The highest BCUT2D eigenvalue weighted by Crippen LogP contribution is 2.30. The van der Waals surface area contributed by atoms with Gasteiger partial charge in [0.25, 0.3) is 5.56 Å². The Hall–Kier alpha value is -5.90. The molecule has 10 nitrogen and oxygen atoms in total. The molecule has 0 fully saturated rings. The standard InChI is InChI=1S/C37H32N6O4/c1-3-4-16-32-38-23(2)31(21-33-39-34(41-46-33)30-15-9-11-25-10-5-6-12-27(25)30)36(44)43(32)22-24-17-19-26(20-18-24)28-13-7-8-14-29(28)35-40-37(45)47-42-35/h5-15,17-20H,3-4,16,21-22H2,1-2H3,(H,40,42,45). The molecule has 0 aliphatic rings. The Morgan fingerprint density at radius 2 is 1.53 bits per heavy atom. The predicted molar refractivity (Wildman–Crippen MR) is 179 cm³/mol. The van der Waals surface area contributed by atoms with E-state index in [-0.39, 0.29) is 12.0 Å². The summed E-state index contributed by atoms with van der Waals surface area (Å²) in [5.41, 5.74) is 5.50. The van der Waals surface area contributed by atoms with Crippen molar-refractivity contribution in [2.75, 3.05) is 0 Å². The SMILES string of the molecule is CCCCc1nc(C)c(Cc2nc(-c3cccc4ccccc34)no2)c(=O)n1Cc1ccc(-c2ccccc2-c2noc(=O)[nH]2)cc1. The third-order valence-corrected chi connectivity index (χ3v) is 8.36. The minimum Gasteiger partial charge on any atom is -0.339 e. The van der Waals surface area contributed by atoms with Gasteiger partial charge in [0.1, 0.15) is 5.82 Å². The summed E-state index contributed by atoms with van der Waals surface area (Å²) < 4.78 is 12.2. The quantitative estimate of drug-likeness (QED) is 0.177. The van der Waals surface area contributed by atoms with Crippen molar-refractivity contribution >= 4 is 10.8 Å². The largest absolute Gasteiger partial charge is 0.439 e. The summed E-state index contributed by atoms with van der Waals surface area (Å²) in [5.74, 6) is 1.36. The first-order valence-corrected chi connectivity index (χ1v) is 15.6. The maximum Gasteiger partial charge on any atom is 0.439 e. The summed E-state index contributed by atoms with van der Waals surface area (Å²) in [6, 6.07) is 29.7. The number of nitrogens with one attached hydrogen (secondary N) is 1. The lowest BCUT2D eigenvalue weighted by atomic mass is 9.98. The highest BCUT2D eigenvalue weighted by molar-refractivity contribution is 5.94. The van der Waals surface area contributed by atoms with E-state index in [0.717, 1.165) is 57.3 Å². The van der Waals surface area contributed by atoms with E-state index in [9.17, 15) is 9.59 Å². The number of fused-ring (bicyclic) bond motifs is 1. The Kier molecular flexibility index (Phi) is 8.14. The minimum absolute atomic E-state index is 0.113. The first-order chi connectivity index (χ1) is 23.0. The van der Waals surface area contributed by atoms with Crippen LogP contribution in [0.25, 0.3) is 44.7 Å². The molecule has 7 aromatic rings. The van der Waals surface area contributed by atoms with E-state index < -0.39 is 5.76 Å². The van der Waals surface area contributed by atoms with Crippen molar-refractivity contribution in [3.05, 3.63) is 140 Å². The number of H-pyrrole nitrogens is 1. The second-order valence-corrected chi connectivity index (χ2v) is 11.5. The fourth-order valence-corrected chi connectivity index (χ4v) is 5.92. The van der Waals surface area contributed by atoms with E-state index in [1.807, 2.05) is 97.9 Å². The van der Waals surface area contributed by atoms with Crippen molar-refractivity contribution in [1.82, 2.24) is 29.8 Å². The van der Waals surface area contributed by atoms with Crippen molar-refractivity contribution in [3.8, 4) is 33.9 Å². The van der Waals surface area contributed by atoms with Gasteiger partial charge in [-0.3, -0.25) is 18.9 Å². The van der Waals surface area contributed by atoms with E-state index in [2.05, 4.69) is 27.2 Å². The van der Waals surface area contributed by atoms with Crippen LogP contribution in [0.5, 0.6) is 0 Å². The van der Waals surface area contributed by atoms with E-state index in [4.69, 9.17) is 14.0 Å². The lowest BCUT2D eigenvalue weighted by Gasteiger charge is -2.16. The molecule has 4 aromatic carbocycles. The van der Waals surface area contributed by atoms with Crippen LogP contribution < -0.4 is 11.3 Å². The zero-order chi connectivity index (χ0) is 32.3. The first kappa shape index (κ1) is 29.8. The van der Waals surface area contributed by atoms with Gasteiger partial charge in [-0.25, -0.2) is 9.78 Å². The summed E-state index contributed by atoms with van der Waals surface area (Å²) in [5, 5.41) is 10.2. The van der Waals surface area contributed by atoms with Gasteiger partial charge in [0, 0.05) is 28.8 Å². The van der Waals surface area contributed by atoms with Crippen LogP contribution in [-0.4, -0.2) is 29.8 Å². The molecule has 3 heterocycles. The number of rotatable bonds is 10. The molecule has 0 spiro atoms. The van der Waals surface area contributed by atoms with E-state index in [1.54, 1.807) is 4.57 Å². The molecule has 0 bridgehead atoms. The molecule has 3 aromatic heterocycles. The number of aromatic nitrogens is 6. The molecule has 0 amide bonds. The maximum atomic E-state index is 14.1. The molecule has 0 radical (unpaired) electrons. The first-order valence-electron chi connectivity index (χ1n) is 15.6. The molecule has 0 atom stereocenters. The van der Waals surface area contributed by atoms with Crippen molar-refractivity contribution in [2.45, 2.75) is 46.1 Å². The van der Waals surface area contributed by atoms with Gasteiger partial charge in [0.05, 0.1) is 13.0 Å². The van der Waals surface area contributed by atoms with Crippen molar-refractivity contribution < 1.29 is 9.05 Å². The second-order valence-electron chi connectivity index (χ2n) is 11.5. The summed E-state index contributed by atoms with van der Waals surface area (Å²) in [4.78, 5) is 37.9. The number of unbranched alkanes of at least 4 members (excludes halogenated alkanes) is 1. The number of aryl methyl sites for hydroxylation is 2. The van der Waals surface area contributed by atoms with Crippen LogP contribution in [0.1, 0.15) is 48.3 Å². The van der Waals surface area contributed by atoms with Crippen molar-refractivity contribution in [2.24, 2.45) is 0 Å². The molecule has 0 saturated heterocycles. The fourth-order valence-electron chi connectivity index (χ4n) is 5.92. The average Bonchev–Trinajstić information content (AvgIpc) is 3.76. The lowest BCUT2D eigenvalue weighted by molar-refractivity contribution is 0.384. The average molecular weight is 625 g/mol. The van der Waals surface area contributed by atoms with Gasteiger partial charge in [-0.1, -0.05) is 115 Å². The summed E-state index contributed by atoms with van der Waals surface area (Å²) in [6.45, 7) is 4.35. The number of hydrogen-bond donors (Lipinski definition) is 1. The van der Waals surface area contributed by atoms with Gasteiger partial charge >= 0.3 is 5.76 Å². The minimum atomic E-state index is -0.607. The van der Waals surface area contributed by atoms with Gasteiger partial charge in [0.15, 0.2) is 5.82 Å². The number of benzene rings is 4. The molecule has 0 aliphatic carbocycles. The van der Waals surface area contributed by atoms with Crippen LogP contribution in [0, 0.1) is 6.92 Å². The van der Waals surface area contributed by atoms with Crippen LogP contribution in [0.4, 0.5) is 0 Å². The summed E-state index contributed by atoms with van der Waals surface area (Å²) in [6.07, 6.45) is 2.78. The Bertz CT molecular complexity index is 2310. The van der Waals surface area contributed by atoms with E-state index in [1.165, 1.54) is 0 Å². The molecule has 47 heavy (non-hydrogen) atoms. The zero-order valence-electron chi connectivity index (χ0n) is 26.1. The highest BCUT2D eigenvalue weighted by Gasteiger charge is 2.19. The van der Waals surface area contributed by atoms with Crippen LogP contribution in [0.3, 0.4) is 0 Å². The van der Waals surface area contributed by atoms with Gasteiger partial charge in [0.2, 0.25) is 11.7 Å². The Morgan fingerprint density at radius 3 is 2.32 bits per heavy atom. The molecule has 10 heteroatoms. The topological polar surface area (TPSA) is 133 Å². The molecule has 0 aliphatic heterocycles. The third-order valence-electron chi connectivity index (χ3n) is 8.36. The monoisotopic (exact) mass is 624 g/mol. The second kappa shape index (κ2) is 12.8. The normalized spacial score (nSPS) is 11.4. The number of nitrogens with zero attached hydrogens (tertiary/aromatic N) is 5. The number of hydrogen-bond acceptors (Lipinski definition) is 8. The van der Waals surface area contributed by atoms with E-state index >= 15 is 0 Å². The van der Waals surface area contributed by atoms with Crippen LogP contribution >= 0.6 is 0 Å². The smallest absolute Gasteiger partial charge is 0.339 e. The van der Waals surface area contributed by atoms with Crippen LogP contribution in [0.15, 0.2) is 110 Å². The molecule has 1 N–H and O–H groups in total. The molecule has 0 unspecified atom stereocenters.